The largest absolute Gasteiger partial charge is 0.497 e. The van der Waals surface area contributed by atoms with Crippen LogP contribution in [0.25, 0.3) is 16.6 Å². The number of aryl methyl sites for hydroxylation is 1. The van der Waals surface area contributed by atoms with E-state index >= 15 is 0 Å². The topological polar surface area (TPSA) is 68.5 Å². The van der Waals surface area contributed by atoms with Crippen LogP contribution in [0.2, 0.25) is 0 Å². The molecule has 4 aromatic rings. The second-order valence-corrected chi connectivity index (χ2v) is 6.58. The van der Waals surface area contributed by atoms with Crippen molar-refractivity contribution in [1.82, 2.24) is 9.55 Å². The monoisotopic (exact) mass is 384 g/mol. The van der Waals surface area contributed by atoms with Gasteiger partial charge >= 0.3 is 0 Å². The summed E-state index contributed by atoms with van der Waals surface area (Å²) in [7, 11) is 1.63. The van der Waals surface area contributed by atoms with E-state index in [4.69, 9.17) is 4.74 Å². The highest BCUT2D eigenvalue weighted by molar-refractivity contribution is 5.81. The fourth-order valence-electron chi connectivity index (χ4n) is 3.07. The lowest BCUT2D eigenvalue weighted by Crippen LogP contribution is -2.22. The van der Waals surface area contributed by atoms with Gasteiger partial charge in [-0.3, -0.25) is 4.79 Å². The van der Waals surface area contributed by atoms with E-state index in [1.165, 1.54) is 0 Å². The zero-order chi connectivity index (χ0) is 20.2. The van der Waals surface area contributed by atoms with E-state index in [-0.39, 0.29) is 5.56 Å². The summed E-state index contributed by atoms with van der Waals surface area (Å²) in [6, 6.07) is 22.5. The zero-order valence-electron chi connectivity index (χ0n) is 16.2. The van der Waals surface area contributed by atoms with Crippen molar-refractivity contribution in [2.24, 2.45) is 5.10 Å². The highest BCUT2D eigenvalue weighted by Crippen LogP contribution is 2.17. The van der Waals surface area contributed by atoms with Crippen molar-refractivity contribution >= 4 is 23.1 Å². The Morgan fingerprint density at radius 3 is 2.59 bits per heavy atom. The molecular weight excluding hydrogens is 364 g/mol. The number of fused-ring (bicyclic) bond motifs is 1. The first-order valence-corrected chi connectivity index (χ1v) is 9.18. The van der Waals surface area contributed by atoms with Gasteiger partial charge in [-0.05, 0) is 66.6 Å². The lowest BCUT2D eigenvalue weighted by atomic mass is 10.2. The molecule has 0 fully saturated rings. The molecule has 0 saturated carbocycles. The average molecular weight is 384 g/mol. The maximum Gasteiger partial charge on any atom is 0.267 e. The van der Waals surface area contributed by atoms with Crippen LogP contribution in [0.1, 0.15) is 11.1 Å². The van der Waals surface area contributed by atoms with E-state index in [2.05, 4.69) is 15.5 Å². The van der Waals surface area contributed by atoms with Gasteiger partial charge in [0.05, 0.1) is 29.9 Å². The van der Waals surface area contributed by atoms with Crippen LogP contribution in [0.3, 0.4) is 0 Å². The molecule has 1 aromatic heterocycles. The van der Waals surface area contributed by atoms with Gasteiger partial charge in [0.15, 0.2) is 0 Å². The van der Waals surface area contributed by atoms with Gasteiger partial charge in [-0.2, -0.15) is 5.10 Å². The number of aromatic nitrogens is 2. The van der Waals surface area contributed by atoms with E-state index < -0.39 is 0 Å². The smallest absolute Gasteiger partial charge is 0.267 e. The standard InChI is InChI=1S/C23H20N4O2/c1-16-6-5-7-18(14-16)27-22(28)20-8-3-4-9-21(20)25-23(27)26-24-15-17-10-12-19(29-2)13-11-17/h3-15H,1-2H3,(H,25,26)/b24-15+. The molecule has 0 saturated heterocycles. The van der Waals surface area contributed by atoms with E-state index in [9.17, 15) is 4.79 Å². The first-order valence-electron chi connectivity index (χ1n) is 9.18. The summed E-state index contributed by atoms with van der Waals surface area (Å²) in [6.45, 7) is 1.98. The predicted molar refractivity (Wildman–Crippen MR) is 116 cm³/mol. The maximum absolute atomic E-state index is 13.2. The second-order valence-electron chi connectivity index (χ2n) is 6.58. The second kappa shape index (κ2) is 7.98. The molecule has 0 spiro atoms. The maximum atomic E-state index is 13.2. The number of anilines is 1. The van der Waals surface area contributed by atoms with E-state index in [1.807, 2.05) is 73.7 Å². The third-order valence-corrected chi connectivity index (χ3v) is 4.53. The fourth-order valence-corrected chi connectivity index (χ4v) is 3.07. The molecular formula is C23H20N4O2. The lowest BCUT2D eigenvalue weighted by Gasteiger charge is -2.13. The Morgan fingerprint density at radius 2 is 1.83 bits per heavy atom. The number of hydrogen-bond donors (Lipinski definition) is 1. The summed E-state index contributed by atoms with van der Waals surface area (Å²) >= 11 is 0. The van der Waals surface area contributed by atoms with Crippen molar-refractivity contribution in [1.29, 1.82) is 0 Å². The highest BCUT2D eigenvalue weighted by atomic mass is 16.5. The summed E-state index contributed by atoms with van der Waals surface area (Å²) in [6.07, 6.45) is 1.67. The predicted octanol–water partition coefficient (Wildman–Crippen LogP) is 4.15. The molecule has 3 aromatic carbocycles. The first-order chi connectivity index (χ1) is 14.2. The van der Waals surface area contributed by atoms with E-state index in [1.54, 1.807) is 24.0 Å². The molecule has 0 bridgehead atoms. The Hall–Kier alpha value is -3.93. The summed E-state index contributed by atoms with van der Waals surface area (Å²) in [4.78, 5) is 17.8. The minimum Gasteiger partial charge on any atom is -0.497 e. The quantitative estimate of drug-likeness (QED) is 0.415. The van der Waals surface area contributed by atoms with Crippen molar-refractivity contribution < 1.29 is 4.74 Å². The number of methoxy groups -OCH3 is 1. The van der Waals surface area contributed by atoms with Gasteiger partial charge in [-0.1, -0.05) is 24.3 Å². The summed E-state index contributed by atoms with van der Waals surface area (Å²) in [5.41, 5.74) is 6.07. The normalized spacial score (nSPS) is 11.1. The zero-order valence-corrected chi connectivity index (χ0v) is 16.2. The molecule has 0 aliphatic carbocycles. The van der Waals surface area contributed by atoms with Crippen LogP contribution in [0, 0.1) is 6.92 Å². The Balaban J connectivity index is 1.76. The van der Waals surface area contributed by atoms with E-state index in [0.29, 0.717) is 16.9 Å². The summed E-state index contributed by atoms with van der Waals surface area (Å²) < 4.78 is 6.71. The average Bonchev–Trinajstić information content (AvgIpc) is 2.74. The highest BCUT2D eigenvalue weighted by Gasteiger charge is 2.12. The van der Waals surface area contributed by atoms with Gasteiger partial charge in [-0.15, -0.1) is 0 Å². The molecule has 4 rings (SSSR count). The van der Waals surface area contributed by atoms with Crippen LogP contribution in [0.4, 0.5) is 5.95 Å². The first kappa shape index (κ1) is 18.4. The SMILES string of the molecule is COc1ccc(/C=N/Nc2nc3ccccc3c(=O)n2-c2cccc(C)c2)cc1. The van der Waals surface area contributed by atoms with Crippen LogP contribution in [0.15, 0.2) is 82.7 Å². The van der Waals surface area contributed by atoms with Gasteiger partial charge in [0, 0.05) is 0 Å². The molecule has 1 heterocycles. The van der Waals surface area contributed by atoms with Gasteiger partial charge in [0.25, 0.3) is 5.56 Å². The van der Waals surface area contributed by atoms with Crippen molar-refractivity contribution in [2.75, 3.05) is 12.5 Å². The number of nitrogens with zero attached hydrogens (tertiary/aromatic N) is 3. The molecule has 0 atom stereocenters. The molecule has 6 heteroatoms. The molecule has 144 valence electrons. The minimum absolute atomic E-state index is 0.150. The molecule has 0 amide bonds. The van der Waals surface area contributed by atoms with Gasteiger partial charge in [-0.25, -0.2) is 15.0 Å². The molecule has 6 nitrogen and oxygen atoms in total. The number of nitrogens with one attached hydrogen (secondary N) is 1. The summed E-state index contributed by atoms with van der Waals surface area (Å²) in [5, 5.41) is 4.84. The van der Waals surface area contributed by atoms with Crippen molar-refractivity contribution in [3.8, 4) is 11.4 Å². The van der Waals surface area contributed by atoms with Crippen LogP contribution < -0.4 is 15.7 Å². The third-order valence-electron chi connectivity index (χ3n) is 4.53. The Kier molecular flexibility index (Phi) is 5.07. The molecule has 0 aliphatic rings. The molecule has 0 aliphatic heterocycles. The molecule has 0 radical (unpaired) electrons. The van der Waals surface area contributed by atoms with Crippen LogP contribution >= 0.6 is 0 Å². The number of rotatable bonds is 5. The number of benzene rings is 3. The Bertz CT molecular complexity index is 1240. The Labute approximate surface area is 168 Å². The third kappa shape index (κ3) is 3.87. The molecule has 29 heavy (non-hydrogen) atoms. The number of hydrazone groups is 1. The van der Waals surface area contributed by atoms with Crippen LogP contribution in [0.5, 0.6) is 5.75 Å². The summed E-state index contributed by atoms with van der Waals surface area (Å²) in [5.74, 6) is 1.13. The van der Waals surface area contributed by atoms with Gasteiger partial charge in [0.2, 0.25) is 5.95 Å². The van der Waals surface area contributed by atoms with Gasteiger partial charge < -0.3 is 4.74 Å². The Morgan fingerprint density at radius 1 is 1.03 bits per heavy atom. The fraction of sp³-hybridized carbons (Fsp3) is 0.0870. The molecule has 1 N–H and O–H groups in total. The number of hydrogen-bond acceptors (Lipinski definition) is 5. The minimum atomic E-state index is -0.150. The lowest BCUT2D eigenvalue weighted by molar-refractivity contribution is 0.415. The van der Waals surface area contributed by atoms with Crippen molar-refractivity contribution in [2.45, 2.75) is 6.92 Å². The van der Waals surface area contributed by atoms with Crippen molar-refractivity contribution in [3.05, 3.63) is 94.3 Å². The van der Waals surface area contributed by atoms with E-state index in [0.717, 1.165) is 22.6 Å². The van der Waals surface area contributed by atoms with Crippen LogP contribution in [-0.2, 0) is 0 Å². The van der Waals surface area contributed by atoms with Crippen molar-refractivity contribution in [3.63, 3.8) is 0 Å². The van der Waals surface area contributed by atoms with Crippen LogP contribution in [-0.4, -0.2) is 22.9 Å². The number of ether oxygens (including phenoxy) is 1. The molecule has 0 unspecified atom stereocenters. The number of para-hydroxylation sites is 1. The van der Waals surface area contributed by atoms with Gasteiger partial charge in [0.1, 0.15) is 5.75 Å².